The quantitative estimate of drug-likeness (QED) is 0.803. The number of benzene rings is 2. The Bertz CT molecular complexity index is 913. The summed E-state index contributed by atoms with van der Waals surface area (Å²) in [5, 5.41) is 19.1. The topological polar surface area (TPSA) is 106 Å². The molecule has 2 aromatic carbocycles. The number of ether oxygens (including phenoxy) is 3. The van der Waals surface area contributed by atoms with Gasteiger partial charge >= 0.3 is 5.97 Å². The molecule has 3 atom stereocenters. The molecule has 0 radical (unpaired) electrons. The number of morpholine rings is 1. The summed E-state index contributed by atoms with van der Waals surface area (Å²) >= 11 is 0. The van der Waals surface area contributed by atoms with Crippen molar-refractivity contribution in [2.45, 2.75) is 24.5 Å². The van der Waals surface area contributed by atoms with Gasteiger partial charge in [0.05, 0.1) is 13.7 Å². The molecule has 28 heavy (non-hydrogen) atoms. The number of rotatable bonds is 5. The molecule has 2 fully saturated rings. The van der Waals surface area contributed by atoms with E-state index in [-0.39, 0.29) is 18.8 Å². The van der Waals surface area contributed by atoms with Gasteiger partial charge in [-0.05, 0) is 30.3 Å². The van der Waals surface area contributed by atoms with Crippen molar-refractivity contribution in [2.75, 3.05) is 13.7 Å². The average Bonchev–Trinajstić information content (AvgIpc) is 3.03. The van der Waals surface area contributed by atoms with Gasteiger partial charge in [-0.15, -0.1) is 0 Å². The Hall–Kier alpha value is -3.10. The van der Waals surface area contributed by atoms with Crippen LogP contribution >= 0.6 is 0 Å². The first-order chi connectivity index (χ1) is 13.4. The predicted octanol–water partition coefficient (Wildman–Crippen LogP) is 1.46. The van der Waals surface area contributed by atoms with Gasteiger partial charge in [-0.3, -0.25) is 4.79 Å². The second-order valence-corrected chi connectivity index (χ2v) is 6.72. The Morgan fingerprint density at radius 2 is 1.93 bits per heavy atom. The van der Waals surface area contributed by atoms with Crippen molar-refractivity contribution < 1.29 is 34.0 Å². The molecule has 4 rings (SSSR count). The van der Waals surface area contributed by atoms with Gasteiger partial charge in [-0.25, -0.2) is 4.79 Å². The SMILES string of the molecule is COc1ccccc1CN1CC2(c3ccc(O)cc3)OC(C(=O)O)C(O2)C1=O. The van der Waals surface area contributed by atoms with Crippen LogP contribution < -0.4 is 4.74 Å². The van der Waals surface area contributed by atoms with E-state index in [0.717, 1.165) is 5.56 Å². The van der Waals surface area contributed by atoms with E-state index in [1.807, 2.05) is 18.2 Å². The fourth-order valence-corrected chi connectivity index (χ4v) is 3.62. The highest BCUT2D eigenvalue weighted by molar-refractivity contribution is 5.89. The fraction of sp³-hybridized carbons (Fsp3) is 0.300. The lowest BCUT2D eigenvalue weighted by Gasteiger charge is -2.38. The van der Waals surface area contributed by atoms with Gasteiger partial charge in [0.25, 0.3) is 5.91 Å². The number of methoxy groups -OCH3 is 1. The summed E-state index contributed by atoms with van der Waals surface area (Å²) in [5.74, 6) is -2.45. The number of aliphatic carboxylic acids is 1. The van der Waals surface area contributed by atoms with E-state index >= 15 is 0 Å². The van der Waals surface area contributed by atoms with Crippen LogP contribution in [0.3, 0.4) is 0 Å². The number of nitrogens with zero attached hydrogens (tertiary/aromatic N) is 1. The van der Waals surface area contributed by atoms with Crippen molar-refractivity contribution in [1.29, 1.82) is 0 Å². The first kappa shape index (κ1) is 18.3. The zero-order valence-electron chi connectivity index (χ0n) is 15.1. The largest absolute Gasteiger partial charge is 0.508 e. The van der Waals surface area contributed by atoms with Crippen LogP contribution in [0.25, 0.3) is 0 Å². The predicted molar refractivity (Wildman–Crippen MR) is 95.6 cm³/mol. The minimum atomic E-state index is -1.42. The van der Waals surface area contributed by atoms with Crippen LogP contribution in [0, 0.1) is 0 Å². The number of hydrogen-bond acceptors (Lipinski definition) is 6. The smallest absolute Gasteiger partial charge is 0.336 e. The first-order valence-electron chi connectivity index (χ1n) is 8.72. The normalized spacial score (nSPS) is 26.3. The van der Waals surface area contributed by atoms with E-state index in [1.54, 1.807) is 25.3 Å². The molecule has 0 aliphatic carbocycles. The molecule has 8 nitrogen and oxygen atoms in total. The first-order valence-corrected chi connectivity index (χ1v) is 8.72. The highest BCUT2D eigenvalue weighted by Crippen LogP contribution is 2.43. The summed E-state index contributed by atoms with van der Waals surface area (Å²) in [4.78, 5) is 26.1. The van der Waals surface area contributed by atoms with Gasteiger partial charge in [0.15, 0.2) is 12.2 Å². The number of carbonyl (C=O) groups excluding carboxylic acids is 1. The minimum Gasteiger partial charge on any atom is -0.508 e. The highest BCUT2D eigenvalue weighted by atomic mass is 16.8. The highest BCUT2D eigenvalue weighted by Gasteiger charge is 2.60. The maximum absolute atomic E-state index is 12.9. The Labute approximate surface area is 160 Å². The van der Waals surface area contributed by atoms with Gasteiger partial charge in [0, 0.05) is 17.7 Å². The van der Waals surface area contributed by atoms with Crippen LogP contribution in [-0.2, 0) is 31.4 Å². The summed E-state index contributed by atoms with van der Waals surface area (Å²) in [6, 6.07) is 13.4. The molecular formula is C20H19NO7. The van der Waals surface area contributed by atoms with Crippen LogP contribution in [0.4, 0.5) is 0 Å². The summed E-state index contributed by atoms with van der Waals surface area (Å²) in [6.45, 7) is 0.229. The lowest BCUT2D eigenvalue weighted by Crippen LogP contribution is -2.53. The molecule has 2 bridgehead atoms. The van der Waals surface area contributed by atoms with Crippen LogP contribution in [0.2, 0.25) is 0 Å². The van der Waals surface area contributed by atoms with E-state index in [2.05, 4.69) is 0 Å². The third-order valence-electron chi connectivity index (χ3n) is 4.97. The second kappa shape index (κ2) is 6.81. The van der Waals surface area contributed by atoms with Gasteiger partial charge in [-0.2, -0.15) is 0 Å². The van der Waals surface area contributed by atoms with E-state index in [1.165, 1.54) is 17.0 Å². The van der Waals surface area contributed by atoms with Gasteiger partial charge in [0.1, 0.15) is 11.5 Å². The lowest BCUT2D eigenvalue weighted by atomic mass is 10.0. The molecule has 0 aromatic heterocycles. The van der Waals surface area contributed by atoms with Crippen molar-refractivity contribution in [3.8, 4) is 11.5 Å². The van der Waals surface area contributed by atoms with Crippen molar-refractivity contribution in [3.63, 3.8) is 0 Å². The standard InChI is InChI=1S/C20H19NO7/c1-26-15-5-3-2-4-12(15)10-21-11-20(13-6-8-14(22)9-7-13)27-16(18(21)23)17(28-20)19(24)25/h2-9,16-17,22H,10-11H2,1H3,(H,24,25). The number of fused-ring (bicyclic) bond motifs is 2. The molecule has 2 saturated heterocycles. The Morgan fingerprint density at radius 3 is 2.61 bits per heavy atom. The number of hydrogen-bond donors (Lipinski definition) is 2. The molecule has 8 heteroatoms. The van der Waals surface area contributed by atoms with Crippen molar-refractivity contribution in [1.82, 2.24) is 4.90 Å². The van der Waals surface area contributed by atoms with Crippen molar-refractivity contribution in [2.24, 2.45) is 0 Å². The molecule has 2 aromatic rings. The Morgan fingerprint density at radius 1 is 1.21 bits per heavy atom. The molecule has 146 valence electrons. The molecule has 0 spiro atoms. The monoisotopic (exact) mass is 385 g/mol. The van der Waals surface area contributed by atoms with Gasteiger partial charge in [0.2, 0.25) is 5.79 Å². The molecular weight excluding hydrogens is 366 g/mol. The Kier molecular flexibility index (Phi) is 4.44. The molecule has 3 unspecified atom stereocenters. The van der Waals surface area contributed by atoms with E-state index < -0.39 is 29.9 Å². The number of para-hydroxylation sites is 1. The average molecular weight is 385 g/mol. The molecule has 2 N–H and O–H groups in total. The van der Waals surface area contributed by atoms with Gasteiger partial charge < -0.3 is 29.3 Å². The maximum atomic E-state index is 12.9. The van der Waals surface area contributed by atoms with Crippen LogP contribution in [0.1, 0.15) is 11.1 Å². The van der Waals surface area contributed by atoms with Crippen molar-refractivity contribution >= 4 is 11.9 Å². The molecule has 0 saturated carbocycles. The maximum Gasteiger partial charge on any atom is 0.336 e. The van der Waals surface area contributed by atoms with Crippen LogP contribution in [0.5, 0.6) is 11.5 Å². The third-order valence-corrected chi connectivity index (χ3v) is 4.97. The Balaban J connectivity index is 1.71. The summed E-state index contributed by atoms with van der Waals surface area (Å²) in [5.41, 5.74) is 1.31. The van der Waals surface area contributed by atoms with E-state index in [0.29, 0.717) is 11.3 Å². The fourth-order valence-electron chi connectivity index (χ4n) is 3.62. The van der Waals surface area contributed by atoms with Gasteiger partial charge in [-0.1, -0.05) is 18.2 Å². The summed E-state index contributed by atoms with van der Waals surface area (Å²) in [7, 11) is 1.55. The third kappa shape index (κ3) is 2.96. The number of phenols is 1. The molecule has 2 aliphatic heterocycles. The lowest BCUT2D eigenvalue weighted by molar-refractivity contribution is -0.219. The van der Waals surface area contributed by atoms with E-state index in [4.69, 9.17) is 14.2 Å². The minimum absolute atomic E-state index is 0.00887. The van der Waals surface area contributed by atoms with Crippen LogP contribution in [-0.4, -0.2) is 52.9 Å². The number of amides is 1. The molecule has 2 aliphatic rings. The molecule has 1 amide bonds. The zero-order valence-corrected chi connectivity index (χ0v) is 15.1. The number of phenolic OH excluding ortho intramolecular Hbond substituents is 1. The number of aromatic hydroxyl groups is 1. The summed E-state index contributed by atoms with van der Waals surface area (Å²) < 4.78 is 16.9. The van der Waals surface area contributed by atoms with E-state index in [9.17, 15) is 19.8 Å². The second-order valence-electron chi connectivity index (χ2n) is 6.72. The zero-order chi connectivity index (χ0) is 19.9. The van der Waals surface area contributed by atoms with Crippen molar-refractivity contribution in [3.05, 3.63) is 59.7 Å². The number of carbonyl (C=O) groups is 2. The molecule has 2 heterocycles. The van der Waals surface area contributed by atoms with Crippen LogP contribution in [0.15, 0.2) is 48.5 Å². The number of carboxylic acids is 1. The number of carboxylic acid groups (broad SMARTS) is 1. The summed E-state index contributed by atoms with van der Waals surface area (Å²) in [6.07, 6.45) is -2.67.